The zero-order valence-corrected chi connectivity index (χ0v) is 18.7. The van der Waals surface area contributed by atoms with E-state index in [1.807, 2.05) is 36.4 Å². The summed E-state index contributed by atoms with van der Waals surface area (Å²) in [6.07, 6.45) is 0. The van der Waals surface area contributed by atoms with E-state index in [-0.39, 0.29) is 12.4 Å². The third kappa shape index (κ3) is 6.83. The van der Waals surface area contributed by atoms with Gasteiger partial charge in [0.2, 0.25) is 0 Å². The molecule has 0 aromatic heterocycles. The monoisotopic (exact) mass is 451 g/mol. The summed E-state index contributed by atoms with van der Waals surface area (Å²) in [5.41, 5.74) is 4.54. The molecule has 0 atom stereocenters. The van der Waals surface area contributed by atoms with Crippen LogP contribution in [-0.4, -0.2) is 7.11 Å². The number of benzene rings is 3. The van der Waals surface area contributed by atoms with Gasteiger partial charge in [0, 0.05) is 18.1 Å². The zero-order chi connectivity index (χ0) is 19.9. The molecular weight excluding hydrogens is 429 g/mol. The molecule has 0 aliphatic rings. The van der Waals surface area contributed by atoms with E-state index in [0.29, 0.717) is 34.7 Å². The van der Waals surface area contributed by atoms with E-state index in [9.17, 15) is 0 Å². The molecule has 154 valence electrons. The molecule has 0 saturated heterocycles. The molecule has 3 aromatic rings. The summed E-state index contributed by atoms with van der Waals surface area (Å²) in [6.45, 7) is 3.94. The van der Waals surface area contributed by atoms with Gasteiger partial charge in [0.15, 0.2) is 11.5 Å². The fourth-order valence-electron chi connectivity index (χ4n) is 2.81. The van der Waals surface area contributed by atoms with Gasteiger partial charge in [0.1, 0.15) is 6.61 Å². The van der Waals surface area contributed by atoms with E-state index < -0.39 is 0 Å². The first kappa shape index (κ1) is 23.4. The van der Waals surface area contributed by atoms with Crippen molar-refractivity contribution in [3.8, 4) is 11.5 Å². The highest BCUT2D eigenvalue weighted by molar-refractivity contribution is 6.32. The Morgan fingerprint density at radius 1 is 0.828 bits per heavy atom. The summed E-state index contributed by atoms with van der Waals surface area (Å²) in [5, 5.41) is 4.66. The summed E-state index contributed by atoms with van der Waals surface area (Å²) < 4.78 is 11.4. The van der Waals surface area contributed by atoms with Crippen molar-refractivity contribution in [1.82, 2.24) is 5.32 Å². The van der Waals surface area contributed by atoms with Crippen LogP contribution in [0.1, 0.15) is 22.3 Å². The standard InChI is InChI=1S/C23H23Cl2NO2.ClH/c1-16-3-5-17(6-4-16)13-26-14-19-11-21(25)23(22(12-19)27-2)28-15-18-7-9-20(24)10-8-18;/h3-12,26H,13-15H2,1-2H3;1H. The fraction of sp³-hybridized carbons (Fsp3) is 0.217. The topological polar surface area (TPSA) is 30.5 Å². The van der Waals surface area contributed by atoms with E-state index >= 15 is 0 Å². The average molecular weight is 453 g/mol. The lowest BCUT2D eigenvalue weighted by molar-refractivity contribution is 0.284. The minimum Gasteiger partial charge on any atom is -0.493 e. The summed E-state index contributed by atoms with van der Waals surface area (Å²) >= 11 is 12.4. The summed E-state index contributed by atoms with van der Waals surface area (Å²) in [7, 11) is 1.62. The SMILES string of the molecule is COc1cc(CNCc2ccc(C)cc2)cc(Cl)c1OCc1ccc(Cl)cc1.Cl. The van der Waals surface area contributed by atoms with Crippen LogP contribution in [0.3, 0.4) is 0 Å². The molecule has 0 amide bonds. The zero-order valence-electron chi connectivity index (χ0n) is 16.4. The normalized spacial score (nSPS) is 10.3. The van der Waals surface area contributed by atoms with Crippen LogP contribution in [0.15, 0.2) is 60.7 Å². The van der Waals surface area contributed by atoms with E-state index in [4.69, 9.17) is 32.7 Å². The molecular formula is C23H24Cl3NO2. The molecule has 6 heteroatoms. The number of nitrogens with one attached hydrogen (secondary N) is 1. The summed E-state index contributed by atoms with van der Waals surface area (Å²) in [4.78, 5) is 0. The van der Waals surface area contributed by atoms with Crippen LogP contribution in [0.25, 0.3) is 0 Å². The van der Waals surface area contributed by atoms with E-state index in [1.165, 1.54) is 11.1 Å². The van der Waals surface area contributed by atoms with Crippen molar-refractivity contribution in [2.45, 2.75) is 26.6 Å². The molecule has 0 unspecified atom stereocenters. The van der Waals surface area contributed by atoms with E-state index in [0.717, 1.165) is 17.7 Å². The maximum absolute atomic E-state index is 6.46. The predicted molar refractivity (Wildman–Crippen MR) is 123 cm³/mol. The molecule has 0 fully saturated rings. The second-order valence-corrected chi connectivity index (χ2v) is 7.46. The first-order valence-electron chi connectivity index (χ1n) is 9.05. The van der Waals surface area contributed by atoms with Gasteiger partial charge in [-0.25, -0.2) is 0 Å². The molecule has 29 heavy (non-hydrogen) atoms. The Labute approximate surface area is 188 Å². The molecule has 1 N–H and O–H groups in total. The van der Waals surface area contributed by atoms with Crippen molar-refractivity contribution in [1.29, 1.82) is 0 Å². The van der Waals surface area contributed by atoms with Crippen LogP contribution in [-0.2, 0) is 19.7 Å². The lowest BCUT2D eigenvalue weighted by Gasteiger charge is -2.15. The van der Waals surface area contributed by atoms with Gasteiger partial charge < -0.3 is 14.8 Å². The molecule has 0 bridgehead atoms. The third-order valence-corrected chi connectivity index (χ3v) is 4.90. The van der Waals surface area contributed by atoms with Crippen molar-refractivity contribution in [2.24, 2.45) is 0 Å². The van der Waals surface area contributed by atoms with Crippen LogP contribution < -0.4 is 14.8 Å². The van der Waals surface area contributed by atoms with Gasteiger partial charge in [0.05, 0.1) is 12.1 Å². The van der Waals surface area contributed by atoms with Crippen LogP contribution in [0.4, 0.5) is 0 Å². The van der Waals surface area contributed by atoms with Gasteiger partial charge in [-0.05, 0) is 47.9 Å². The lowest BCUT2D eigenvalue weighted by atomic mass is 10.1. The second-order valence-electron chi connectivity index (χ2n) is 6.61. The van der Waals surface area contributed by atoms with Crippen LogP contribution >= 0.6 is 35.6 Å². The molecule has 3 nitrogen and oxygen atoms in total. The van der Waals surface area contributed by atoms with Crippen molar-refractivity contribution < 1.29 is 9.47 Å². The number of aryl methyl sites for hydroxylation is 1. The molecule has 3 aromatic carbocycles. The van der Waals surface area contributed by atoms with Crippen molar-refractivity contribution in [2.75, 3.05) is 7.11 Å². The second kappa shape index (κ2) is 11.3. The Hall–Kier alpha value is -1.91. The number of methoxy groups -OCH3 is 1. The smallest absolute Gasteiger partial charge is 0.180 e. The summed E-state index contributed by atoms with van der Waals surface area (Å²) in [5.74, 6) is 1.16. The van der Waals surface area contributed by atoms with Crippen LogP contribution in [0.2, 0.25) is 10.0 Å². The maximum Gasteiger partial charge on any atom is 0.180 e. The Morgan fingerprint density at radius 3 is 2.10 bits per heavy atom. The van der Waals surface area contributed by atoms with Crippen molar-refractivity contribution in [3.63, 3.8) is 0 Å². The molecule has 3 rings (SSSR count). The number of halogens is 3. The number of rotatable bonds is 8. The third-order valence-electron chi connectivity index (χ3n) is 4.36. The lowest BCUT2D eigenvalue weighted by Crippen LogP contribution is -2.13. The minimum absolute atomic E-state index is 0. The van der Waals surface area contributed by atoms with Crippen LogP contribution in [0, 0.1) is 6.92 Å². The van der Waals surface area contributed by atoms with Crippen molar-refractivity contribution in [3.05, 3.63) is 93.0 Å². The Kier molecular flexibility index (Phi) is 9.12. The number of hydrogen-bond donors (Lipinski definition) is 1. The average Bonchev–Trinajstić information content (AvgIpc) is 2.69. The van der Waals surface area contributed by atoms with Gasteiger partial charge in [0.25, 0.3) is 0 Å². The Bertz CT molecular complexity index is 913. The highest BCUT2D eigenvalue weighted by atomic mass is 35.5. The molecule has 0 aliphatic heterocycles. The summed E-state index contributed by atoms with van der Waals surface area (Å²) in [6, 6.07) is 19.9. The molecule has 0 radical (unpaired) electrons. The maximum atomic E-state index is 6.46. The Morgan fingerprint density at radius 2 is 1.45 bits per heavy atom. The largest absolute Gasteiger partial charge is 0.493 e. The van der Waals surface area contributed by atoms with Crippen LogP contribution in [0.5, 0.6) is 11.5 Å². The predicted octanol–water partition coefficient (Wildman–Crippen LogP) is 6.60. The Balaban J connectivity index is 0.00000300. The molecule has 0 heterocycles. The molecule has 0 spiro atoms. The first-order chi connectivity index (χ1) is 13.5. The fourth-order valence-corrected chi connectivity index (χ4v) is 3.22. The van der Waals surface area contributed by atoms with Gasteiger partial charge in [-0.1, -0.05) is 65.2 Å². The quantitative estimate of drug-likeness (QED) is 0.417. The van der Waals surface area contributed by atoms with Gasteiger partial charge in [-0.2, -0.15) is 0 Å². The van der Waals surface area contributed by atoms with Gasteiger partial charge >= 0.3 is 0 Å². The number of ether oxygens (including phenoxy) is 2. The molecule has 0 saturated carbocycles. The molecule has 0 aliphatic carbocycles. The van der Waals surface area contributed by atoms with Gasteiger partial charge in [-0.15, -0.1) is 12.4 Å². The number of hydrogen-bond acceptors (Lipinski definition) is 3. The van der Waals surface area contributed by atoms with E-state index in [1.54, 1.807) is 7.11 Å². The highest BCUT2D eigenvalue weighted by Gasteiger charge is 2.12. The van der Waals surface area contributed by atoms with Crippen molar-refractivity contribution >= 4 is 35.6 Å². The highest BCUT2D eigenvalue weighted by Crippen LogP contribution is 2.37. The van der Waals surface area contributed by atoms with Gasteiger partial charge in [-0.3, -0.25) is 0 Å². The first-order valence-corrected chi connectivity index (χ1v) is 9.80. The minimum atomic E-state index is 0. The van der Waals surface area contributed by atoms with E-state index in [2.05, 4.69) is 36.5 Å².